The van der Waals surface area contributed by atoms with E-state index in [0.717, 1.165) is 49.2 Å². The molecule has 0 bridgehead atoms. The van der Waals surface area contributed by atoms with E-state index >= 15 is 0 Å². The molecule has 2 aliphatic rings. The van der Waals surface area contributed by atoms with E-state index in [0.29, 0.717) is 24.6 Å². The highest BCUT2D eigenvalue weighted by atomic mass is 16.4. The van der Waals surface area contributed by atoms with E-state index in [-0.39, 0.29) is 12.5 Å². The van der Waals surface area contributed by atoms with Crippen molar-refractivity contribution in [2.24, 2.45) is 5.73 Å². The minimum absolute atomic E-state index is 0.0154. The van der Waals surface area contributed by atoms with Crippen LogP contribution in [0.5, 0.6) is 0 Å². The highest BCUT2D eigenvalue weighted by molar-refractivity contribution is 5.95. The molecule has 4 rings (SSSR count). The number of nitrogens with zero attached hydrogens (tertiary/aromatic N) is 2. The Kier molecular flexibility index (Phi) is 6.22. The number of carboxylic acid groups (broad SMARTS) is 1. The lowest BCUT2D eigenvalue weighted by Gasteiger charge is -2.32. The molecule has 2 aliphatic heterocycles. The number of carbonyl (C=O) groups excluding carboxylic acids is 1. The highest BCUT2D eigenvalue weighted by Gasteiger charge is 2.35. The van der Waals surface area contributed by atoms with Crippen LogP contribution in [0, 0.1) is 0 Å². The molecule has 2 heterocycles. The molecule has 7 nitrogen and oxygen atoms in total. The van der Waals surface area contributed by atoms with Gasteiger partial charge in [0.15, 0.2) is 5.60 Å². The summed E-state index contributed by atoms with van der Waals surface area (Å²) in [6.07, 6.45) is 2.59. The van der Waals surface area contributed by atoms with Gasteiger partial charge >= 0.3 is 5.97 Å². The van der Waals surface area contributed by atoms with Crippen molar-refractivity contribution < 1.29 is 19.8 Å². The van der Waals surface area contributed by atoms with Crippen molar-refractivity contribution in [3.8, 4) is 0 Å². The second kappa shape index (κ2) is 8.92. The summed E-state index contributed by atoms with van der Waals surface area (Å²) in [5.74, 6) is -0.755. The Hall–Kier alpha value is -2.90. The summed E-state index contributed by atoms with van der Waals surface area (Å²) in [6, 6.07) is 14.0. The van der Waals surface area contributed by atoms with E-state index in [4.69, 9.17) is 5.73 Å². The third-order valence-corrected chi connectivity index (χ3v) is 6.72. The molecule has 1 fully saturated rings. The lowest BCUT2D eigenvalue weighted by atomic mass is 9.88. The van der Waals surface area contributed by atoms with Gasteiger partial charge in [-0.15, -0.1) is 0 Å². The van der Waals surface area contributed by atoms with Gasteiger partial charge in [0.25, 0.3) is 5.91 Å². The van der Waals surface area contributed by atoms with Crippen molar-refractivity contribution in [2.45, 2.75) is 44.2 Å². The predicted octanol–water partition coefficient (Wildman–Crippen LogP) is 2.36. The van der Waals surface area contributed by atoms with Crippen molar-refractivity contribution in [3.63, 3.8) is 0 Å². The SMILES string of the molecule is CC(O)(CN1CCc2cc(C(=O)N3CCC(c4cccc(CN)c4)CC3)ccc21)C(=O)O. The van der Waals surface area contributed by atoms with E-state index in [1.165, 1.54) is 12.5 Å². The number of fused-ring (bicyclic) bond motifs is 1. The monoisotopic (exact) mass is 437 g/mol. The molecular formula is C25H31N3O4. The van der Waals surface area contributed by atoms with Gasteiger partial charge in [-0.25, -0.2) is 4.79 Å². The standard InChI is InChI=1S/C25H31N3O4/c1-25(32,24(30)31)16-28-12-9-20-14-21(5-6-22(20)28)23(29)27-10-7-18(8-11-27)19-4-2-3-17(13-19)15-26/h2-6,13-14,18,32H,7-12,15-16,26H2,1H3,(H,30,31). The number of likely N-dealkylation sites (tertiary alicyclic amines) is 1. The lowest BCUT2D eigenvalue weighted by Crippen LogP contribution is -2.46. The minimum atomic E-state index is -1.82. The second-order valence-corrected chi connectivity index (χ2v) is 9.11. The van der Waals surface area contributed by atoms with Gasteiger partial charge in [-0.3, -0.25) is 4.79 Å². The Morgan fingerprint density at radius 3 is 2.56 bits per heavy atom. The number of anilines is 1. The topological polar surface area (TPSA) is 107 Å². The van der Waals surface area contributed by atoms with Crippen molar-refractivity contribution in [3.05, 3.63) is 64.7 Å². The fraction of sp³-hybridized carbons (Fsp3) is 0.440. The summed E-state index contributed by atoms with van der Waals surface area (Å²) in [4.78, 5) is 28.2. The number of benzene rings is 2. The molecule has 7 heteroatoms. The first-order valence-corrected chi connectivity index (χ1v) is 11.2. The van der Waals surface area contributed by atoms with E-state index in [1.807, 2.05) is 34.1 Å². The fourth-order valence-electron chi connectivity index (χ4n) is 4.78. The van der Waals surface area contributed by atoms with E-state index < -0.39 is 11.6 Å². The number of amides is 1. The zero-order valence-electron chi connectivity index (χ0n) is 18.5. The summed E-state index contributed by atoms with van der Waals surface area (Å²) in [5.41, 5.74) is 8.97. The molecule has 1 amide bonds. The summed E-state index contributed by atoms with van der Waals surface area (Å²) in [7, 11) is 0. The highest BCUT2D eigenvalue weighted by Crippen LogP contribution is 2.32. The van der Waals surface area contributed by atoms with Gasteiger partial charge in [-0.05, 0) is 67.0 Å². The number of nitrogens with two attached hydrogens (primary N) is 1. The maximum Gasteiger partial charge on any atom is 0.337 e. The summed E-state index contributed by atoms with van der Waals surface area (Å²) in [6.45, 7) is 3.93. The van der Waals surface area contributed by atoms with Crippen molar-refractivity contribution in [2.75, 3.05) is 31.1 Å². The first kappa shape index (κ1) is 22.3. The van der Waals surface area contributed by atoms with Crippen LogP contribution in [0.1, 0.15) is 52.7 Å². The van der Waals surface area contributed by atoms with Crippen LogP contribution in [-0.4, -0.2) is 58.8 Å². The number of hydrogen-bond acceptors (Lipinski definition) is 5. The molecule has 0 saturated carbocycles. The van der Waals surface area contributed by atoms with Crippen LogP contribution >= 0.6 is 0 Å². The van der Waals surface area contributed by atoms with E-state index in [9.17, 15) is 19.8 Å². The number of aliphatic carboxylic acids is 1. The van der Waals surface area contributed by atoms with Crippen LogP contribution in [0.15, 0.2) is 42.5 Å². The zero-order chi connectivity index (χ0) is 22.9. The Balaban J connectivity index is 1.40. The maximum atomic E-state index is 13.1. The molecule has 0 radical (unpaired) electrons. The molecule has 1 atom stereocenters. The molecular weight excluding hydrogens is 406 g/mol. The van der Waals surface area contributed by atoms with Gasteiger partial charge in [0, 0.05) is 37.4 Å². The molecule has 2 aromatic rings. The predicted molar refractivity (Wildman–Crippen MR) is 123 cm³/mol. The van der Waals surface area contributed by atoms with E-state index in [2.05, 4.69) is 18.2 Å². The summed E-state index contributed by atoms with van der Waals surface area (Å²) in [5, 5.41) is 19.3. The smallest absolute Gasteiger partial charge is 0.337 e. The first-order chi connectivity index (χ1) is 15.3. The van der Waals surface area contributed by atoms with Crippen LogP contribution in [0.2, 0.25) is 0 Å². The molecule has 0 spiro atoms. The fourth-order valence-corrected chi connectivity index (χ4v) is 4.78. The molecule has 0 aliphatic carbocycles. The second-order valence-electron chi connectivity index (χ2n) is 9.11. The quantitative estimate of drug-likeness (QED) is 0.641. The summed E-state index contributed by atoms with van der Waals surface area (Å²) >= 11 is 0. The molecule has 1 saturated heterocycles. The normalized spacial score (nSPS) is 18.3. The Bertz CT molecular complexity index is 1010. The van der Waals surface area contributed by atoms with Crippen molar-refractivity contribution in [1.29, 1.82) is 0 Å². The molecule has 0 aromatic heterocycles. The van der Waals surface area contributed by atoms with Gasteiger partial charge in [0.2, 0.25) is 0 Å². The van der Waals surface area contributed by atoms with Gasteiger partial charge in [-0.2, -0.15) is 0 Å². The largest absolute Gasteiger partial charge is 0.479 e. The summed E-state index contributed by atoms with van der Waals surface area (Å²) < 4.78 is 0. The average molecular weight is 438 g/mol. The number of β-amino-alcohol motifs (C(OH)–C–C–N with tert-alkyl or cyclic N) is 1. The minimum Gasteiger partial charge on any atom is -0.479 e. The number of aliphatic hydroxyl groups is 1. The first-order valence-electron chi connectivity index (χ1n) is 11.2. The molecule has 1 unspecified atom stereocenters. The Morgan fingerprint density at radius 2 is 1.88 bits per heavy atom. The van der Waals surface area contributed by atoms with Crippen LogP contribution in [0.3, 0.4) is 0 Å². The Morgan fingerprint density at radius 1 is 1.12 bits per heavy atom. The zero-order valence-corrected chi connectivity index (χ0v) is 18.5. The van der Waals surface area contributed by atoms with Crippen LogP contribution < -0.4 is 10.6 Å². The van der Waals surface area contributed by atoms with Crippen LogP contribution in [0.4, 0.5) is 5.69 Å². The van der Waals surface area contributed by atoms with Gasteiger partial charge < -0.3 is 25.7 Å². The Labute approximate surface area is 188 Å². The molecule has 170 valence electrons. The van der Waals surface area contributed by atoms with Gasteiger partial charge in [-0.1, -0.05) is 24.3 Å². The number of rotatable bonds is 6. The lowest BCUT2D eigenvalue weighted by molar-refractivity contribution is -0.155. The van der Waals surface area contributed by atoms with Crippen molar-refractivity contribution >= 4 is 17.6 Å². The van der Waals surface area contributed by atoms with Crippen LogP contribution in [0.25, 0.3) is 0 Å². The van der Waals surface area contributed by atoms with Crippen molar-refractivity contribution in [1.82, 2.24) is 4.90 Å². The van der Waals surface area contributed by atoms with Crippen LogP contribution in [-0.2, 0) is 17.8 Å². The number of piperidine rings is 1. The molecule has 4 N–H and O–H groups in total. The van der Waals surface area contributed by atoms with Gasteiger partial charge in [0.1, 0.15) is 0 Å². The van der Waals surface area contributed by atoms with Gasteiger partial charge in [0.05, 0.1) is 6.54 Å². The third kappa shape index (κ3) is 4.49. The molecule has 32 heavy (non-hydrogen) atoms. The average Bonchev–Trinajstić information content (AvgIpc) is 3.20. The molecule has 2 aromatic carbocycles. The van der Waals surface area contributed by atoms with E-state index in [1.54, 1.807) is 0 Å². The number of hydrogen-bond donors (Lipinski definition) is 3. The number of carbonyl (C=O) groups is 2. The maximum absolute atomic E-state index is 13.1. The number of carboxylic acids is 1. The third-order valence-electron chi connectivity index (χ3n) is 6.72.